The van der Waals surface area contributed by atoms with Crippen molar-refractivity contribution in [2.45, 2.75) is 12.7 Å². The third kappa shape index (κ3) is 4.03. The molecule has 9 nitrogen and oxygen atoms in total. The fraction of sp³-hybridized carbons (Fsp3) is 0.174. The fourth-order valence-electron chi connectivity index (χ4n) is 3.92. The monoisotopic (exact) mass is 480 g/mol. The number of amides is 1. The lowest BCUT2D eigenvalue weighted by molar-refractivity contribution is -0.137. The molecule has 0 fully saturated rings. The van der Waals surface area contributed by atoms with Gasteiger partial charge in [-0.2, -0.15) is 23.4 Å². The number of nitrogens with two attached hydrogens (primary N) is 1. The molecule has 4 aromatic heterocycles. The topological polar surface area (TPSA) is 108 Å². The van der Waals surface area contributed by atoms with Gasteiger partial charge in [-0.3, -0.25) is 24.0 Å². The Bertz CT molecular complexity index is 1570. The highest BCUT2D eigenvalue weighted by Crippen LogP contribution is 2.30. The number of aromatic nitrogens is 6. The minimum absolute atomic E-state index is 0.0538. The molecule has 0 atom stereocenters. The summed E-state index contributed by atoms with van der Waals surface area (Å²) in [6.07, 6.45) is 1.02. The molecule has 12 heteroatoms. The Morgan fingerprint density at radius 1 is 1.06 bits per heavy atom. The molecule has 0 bridgehead atoms. The van der Waals surface area contributed by atoms with Gasteiger partial charge >= 0.3 is 6.18 Å². The van der Waals surface area contributed by atoms with Gasteiger partial charge < -0.3 is 5.73 Å². The van der Waals surface area contributed by atoms with Gasteiger partial charge in [-0.25, -0.2) is 4.98 Å². The number of hydrogen-bond acceptors (Lipinski definition) is 6. The zero-order valence-corrected chi connectivity index (χ0v) is 18.7. The normalized spacial score (nSPS) is 11.9. The molecule has 35 heavy (non-hydrogen) atoms. The second kappa shape index (κ2) is 8.08. The van der Waals surface area contributed by atoms with Crippen molar-refractivity contribution in [2.75, 3.05) is 10.6 Å². The van der Waals surface area contributed by atoms with Crippen LogP contribution in [0.15, 0.2) is 55.1 Å². The van der Waals surface area contributed by atoms with E-state index in [0.29, 0.717) is 39.1 Å². The summed E-state index contributed by atoms with van der Waals surface area (Å²) in [6, 6.07) is 7.23. The van der Waals surface area contributed by atoms with Crippen LogP contribution in [0.1, 0.15) is 21.6 Å². The maximum atomic E-state index is 13.7. The summed E-state index contributed by atoms with van der Waals surface area (Å²) in [5.41, 5.74) is 7.65. The molecule has 178 valence electrons. The van der Waals surface area contributed by atoms with E-state index in [2.05, 4.69) is 20.2 Å². The van der Waals surface area contributed by atoms with Gasteiger partial charge in [0.05, 0.1) is 52.3 Å². The third-order valence-electron chi connectivity index (χ3n) is 5.67. The second-order valence-electron chi connectivity index (χ2n) is 8.06. The van der Waals surface area contributed by atoms with Gasteiger partial charge in [0, 0.05) is 37.4 Å². The number of nitrogen functional groups attached to an aromatic ring is 1. The van der Waals surface area contributed by atoms with E-state index in [-0.39, 0.29) is 12.5 Å². The van der Waals surface area contributed by atoms with E-state index in [0.717, 1.165) is 17.8 Å². The van der Waals surface area contributed by atoms with Crippen LogP contribution in [-0.4, -0.2) is 35.4 Å². The number of hydrogen-bond donors (Lipinski definition) is 1. The first-order chi connectivity index (χ1) is 16.6. The van der Waals surface area contributed by atoms with Crippen molar-refractivity contribution in [1.29, 1.82) is 0 Å². The lowest BCUT2D eigenvalue weighted by Crippen LogP contribution is -2.30. The molecule has 0 spiro atoms. The molecule has 0 unspecified atom stereocenters. The Morgan fingerprint density at radius 3 is 2.51 bits per heavy atom. The van der Waals surface area contributed by atoms with E-state index >= 15 is 0 Å². The zero-order valence-electron chi connectivity index (χ0n) is 18.7. The smallest absolute Gasteiger partial charge is 0.383 e. The van der Waals surface area contributed by atoms with Crippen molar-refractivity contribution in [3.63, 3.8) is 0 Å². The quantitative estimate of drug-likeness (QED) is 0.420. The average molecular weight is 480 g/mol. The molecule has 2 N–H and O–H groups in total. The van der Waals surface area contributed by atoms with E-state index in [9.17, 15) is 18.0 Å². The lowest BCUT2D eigenvalue weighted by atomic mass is 10.1. The minimum Gasteiger partial charge on any atom is -0.383 e. The van der Waals surface area contributed by atoms with Crippen molar-refractivity contribution in [3.8, 4) is 0 Å². The summed E-state index contributed by atoms with van der Waals surface area (Å²) in [5, 5.41) is 9.74. The fourth-order valence-corrected chi connectivity index (χ4v) is 3.92. The standard InChI is InChI=1S/C23H19F3N8O/c1-32-12-16(9-29-32)34(11-15-5-4-14(8-28-15)23(24,25)26)22(35)13-3-6-19-17(7-13)20-18(21(27)31-19)10-30-33(20)2/h3-10,12H,11H2,1-2H3,(H2,27,31). The number of carbonyl (C=O) groups excluding carboxylic acids is 1. The van der Waals surface area contributed by atoms with E-state index < -0.39 is 11.7 Å². The SMILES string of the molecule is Cn1cc(N(Cc2ccc(C(F)(F)F)cn2)C(=O)c2ccc3nc(N)c4cnn(C)c4c3c2)cn1. The number of benzene rings is 1. The highest BCUT2D eigenvalue weighted by molar-refractivity contribution is 6.12. The molecular formula is C23H19F3N8O. The van der Waals surface area contributed by atoms with Crippen molar-refractivity contribution < 1.29 is 18.0 Å². The predicted molar refractivity (Wildman–Crippen MR) is 123 cm³/mol. The van der Waals surface area contributed by atoms with Gasteiger partial charge in [0.2, 0.25) is 0 Å². The van der Waals surface area contributed by atoms with Crippen LogP contribution in [0.3, 0.4) is 0 Å². The summed E-state index contributed by atoms with van der Waals surface area (Å²) < 4.78 is 42.0. The van der Waals surface area contributed by atoms with Crippen molar-refractivity contribution in [2.24, 2.45) is 14.1 Å². The molecule has 0 aliphatic carbocycles. The summed E-state index contributed by atoms with van der Waals surface area (Å²) >= 11 is 0. The Kier molecular flexibility index (Phi) is 5.15. The van der Waals surface area contributed by atoms with Crippen LogP contribution in [0.2, 0.25) is 0 Å². The number of fused-ring (bicyclic) bond motifs is 3. The number of rotatable bonds is 4. The van der Waals surface area contributed by atoms with Crippen LogP contribution in [0, 0.1) is 0 Å². The van der Waals surface area contributed by atoms with Crippen LogP contribution < -0.4 is 10.6 Å². The molecule has 1 aromatic carbocycles. The minimum atomic E-state index is -4.50. The maximum absolute atomic E-state index is 13.7. The van der Waals surface area contributed by atoms with Crippen molar-refractivity contribution in [1.82, 2.24) is 29.5 Å². The molecule has 1 amide bonds. The second-order valence-corrected chi connectivity index (χ2v) is 8.06. The van der Waals surface area contributed by atoms with E-state index in [1.807, 2.05) is 0 Å². The van der Waals surface area contributed by atoms with Gasteiger partial charge in [-0.05, 0) is 30.3 Å². The Hall–Kier alpha value is -4.48. The number of aryl methyl sites for hydroxylation is 2. The zero-order chi connectivity index (χ0) is 24.9. The van der Waals surface area contributed by atoms with Gasteiger partial charge in [0.15, 0.2) is 0 Å². The molecule has 0 radical (unpaired) electrons. The molecule has 5 rings (SSSR count). The van der Waals surface area contributed by atoms with Gasteiger partial charge in [-0.1, -0.05) is 0 Å². The van der Waals surface area contributed by atoms with E-state index in [1.165, 1.54) is 21.8 Å². The number of nitrogens with zero attached hydrogens (tertiary/aromatic N) is 7. The van der Waals surface area contributed by atoms with E-state index in [1.54, 1.807) is 49.4 Å². The highest BCUT2D eigenvalue weighted by atomic mass is 19.4. The predicted octanol–water partition coefficient (Wildman–Crippen LogP) is 3.70. The van der Waals surface area contributed by atoms with Crippen LogP contribution in [0.5, 0.6) is 0 Å². The summed E-state index contributed by atoms with van der Waals surface area (Å²) in [5.74, 6) is -0.0428. The molecule has 4 heterocycles. The molecule has 5 aromatic rings. The van der Waals surface area contributed by atoms with Crippen LogP contribution >= 0.6 is 0 Å². The summed E-state index contributed by atoms with van der Waals surface area (Å²) in [6.45, 7) is -0.0538. The molecule has 0 saturated carbocycles. The van der Waals surface area contributed by atoms with Gasteiger partial charge in [0.1, 0.15) is 5.82 Å². The maximum Gasteiger partial charge on any atom is 0.417 e. The van der Waals surface area contributed by atoms with Crippen LogP contribution in [-0.2, 0) is 26.8 Å². The lowest BCUT2D eigenvalue weighted by Gasteiger charge is -2.21. The molecular weight excluding hydrogens is 461 g/mol. The number of alkyl halides is 3. The molecule has 0 aliphatic heterocycles. The van der Waals surface area contributed by atoms with E-state index in [4.69, 9.17) is 5.73 Å². The first kappa shape index (κ1) is 22.3. The highest BCUT2D eigenvalue weighted by Gasteiger charge is 2.31. The number of carbonyl (C=O) groups is 1. The summed E-state index contributed by atoms with van der Waals surface area (Å²) in [4.78, 5) is 23.4. The molecule has 0 saturated heterocycles. The van der Waals surface area contributed by atoms with Gasteiger partial charge in [-0.15, -0.1) is 0 Å². The van der Waals surface area contributed by atoms with Gasteiger partial charge in [0.25, 0.3) is 5.91 Å². The first-order valence-electron chi connectivity index (χ1n) is 10.5. The molecule has 0 aliphatic rings. The number of pyridine rings is 2. The number of halogens is 3. The average Bonchev–Trinajstić information content (AvgIpc) is 3.43. The first-order valence-corrected chi connectivity index (χ1v) is 10.5. The van der Waals surface area contributed by atoms with Crippen LogP contribution in [0.4, 0.5) is 24.7 Å². The van der Waals surface area contributed by atoms with Crippen molar-refractivity contribution in [3.05, 3.63) is 71.9 Å². The third-order valence-corrected chi connectivity index (χ3v) is 5.67. The summed E-state index contributed by atoms with van der Waals surface area (Å²) in [7, 11) is 3.47. The Morgan fingerprint density at radius 2 is 1.86 bits per heavy atom. The van der Waals surface area contributed by atoms with Crippen molar-refractivity contribution >= 4 is 39.2 Å². The largest absolute Gasteiger partial charge is 0.417 e. The number of anilines is 2. The Balaban J connectivity index is 1.56. The Labute approximate surface area is 196 Å². The van der Waals surface area contributed by atoms with Crippen LogP contribution in [0.25, 0.3) is 21.8 Å².